The second-order valence-corrected chi connectivity index (χ2v) is 4.11. The monoisotopic (exact) mass is 256 g/mol. The van der Waals surface area contributed by atoms with Crippen molar-refractivity contribution in [3.05, 3.63) is 11.7 Å². The third-order valence-electron chi connectivity index (χ3n) is 2.58. The van der Waals surface area contributed by atoms with Crippen LogP contribution in [0.4, 0.5) is 0 Å². The number of rotatable bonds is 7. The summed E-state index contributed by atoms with van der Waals surface area (Å²) < 4.78 is 9.93. The molecule has 0 saturated carbocycles. The largest absolute Gasteiger partial charge is 0.383 e. The van der Waals surface area contributed by atoms with Gasteiger partial charge in [-0.3, -0.25) is 9.69 Å². The zero-order valence-corrected chi connectivity index (χ0v) is 11.3. The number of carbonyl (C=O) groups excluding carboxylic acids is 1. The standard InChI is InChI=1S/C11H20N4O3/c1-8(11-13-9(2)14-18-11)15(3)7-10(16)12-5-6-17-4/h8H,5-7H2,1-4H3,(H,12,16)/t8-/m0/s1. The Hall–Kier alpha value is -1.47. The van der Waals surface area contributed by atoms with E-state index in [0.29, 0.717) is 24.9 Å². The Morgan fingerprint density at radius 3 is 2.89 bits per heavy atom. The first kappa shape index (κ1) is 14.6. The molecule has 1 rings (SSSR count). The molecule has 1 atom stereocenters. The van der Waals surface area contributed by atoms with Crippen LogP contribution in [0.1, 0.15) is 24.7 Å². The molecule has 7 nitrogen and oxygen atoms in total. The van der Waals surface area contributed by atoms with Crippen molar-refractivity contribution < 1.29 is 14.1 Å². The number of nitrogens with one attached hydrogen (secondary N) is 1. The fourth-order valence-corrected chi connectivity index (χ4v) is 1.38. The molecule has 0 bridgehead atoms. The molecule has 18 heavy (non-hydrogen) atoms. The van der Waals surface area contributed by atoms with Gasteiger partial charge in [0.1, 0.15) is 0 Å². The first-order chi connectivity index (χ1) is 8.54. The summed E-state index contributed by atoms with van der Waals surface area (Å²) in [4.78, 5) is 17.6. The number of amides is 1. The number of aryl methyl sites for hydroxylation is 1. The van der Waals surface area contributed by atoms with Crippen molar-refractivity contribution in [2.75, 3.05) is 33.9 Å². The Balaban J connectivity index is 2.40. The van der Waals surface area contributed by atoms with Gasteiger partial charge in [-0.15, -0.1) is 0 Å². The van der Waals surface area contributed by atoms with Crippen LogP contribution in [0.5, 0.6) is 0 Å². The quantitative estimate of drug-likeness (QED) is 0.699. The van der Waals surface area contributed by atoms with Crippen LogP contribution in [0.3, 0.4) is 0 Å². The second-order valence-electron chi connectivity index (χ2n) is 4.11. The lowest BCUT2D eigenvalue weighted by molar-refractivity contribution is -0.122. The van der Waals surface area contributed by atoms with E-state index in [9.17, 15) is 4.79 Å². The molecule has 1 N–H and O–H groups in total. The van der Waals surface area contributed by atoms with Crippen molar-refractivity contribution in [1.29, 1.82) is 0 Å². The van der Waals surface area contributed by atoms with Gasteiger partial charge in [-0.2, -0.15) is 4.98 Å². The summed E-state index contributed by atoms with van der Waals surface area (Å²) in [6.07, 6.45) is 0. The third kappa shape index (κ3) is 4.42. The van der Waals surface area contributed by atoms with Gasteiger partial charge in [-0.1, -0.05) is 5.16 Å². The lowest BCUT2D eigenvalue weighted by Crippen LogP contribution is -2.37. The van der Waals surface area contributed by atoms with Gasteiger partial charge in [0.15, 0.2) is 5.82 Å². The molecule has 1 heterocycles. The summed E-state index contributed by atoms with van der Waals surface area (Å²) >= 11 is 0. The smallest absolute Gasteiger partial charge is 0.243 e. The van der Waals surface area contributed by atoms with Gasteiger partial charge < -0.3 is 14.6 Å². The minimum atomic E-state index is -0.0978. The zero-order valence-electron chi connectivity index (χ0n) is 11.3. The summed E-state index contributed by atoms with van der Waals surface area (Å²) in [5.41, 5.74) is 0. The van der Waals surface area contributed by atoms with E-state index >= 15 is 0 Å². The van der Waals surface area contributed by atoms with Crippen LogP contribution in [0.15, 0.2) is 4.52 Å². The van der Waals surface area contributed by atoms with Crippen molar-refractivity contribution in [3.8, 4) is 0 Å². The van der Waals surface area contributed by atoms with Gasteiger partial charge in [0.2, 0.25) is 11.8 Å². The highest BCUT2D eigenvalue weighted by Gasteiger charge is 2.19. The Morgan fingerprint density at radius 2 is 2.33 bits per heavy atom. The molecule has 0 unspecified atom stereocenters. The predicted octanol–water partition coefficient (Wildman–Crippen LogP) is 0.133. The molecule has 0 radical (unpaired) electrons. The number of carbonyl (C=O) groups is 1. The Labute approximate surface area is 106 Å². The van der Waals surface area contributed by atoms with E-state index in [1.165, 1.54) is 0 Å². The maximum absolute atomic E-state index is 11.6. The van der Waals surface area contributed by atoms with E-state index in [4.69, 9.17) is 9.26 Å². The van der Waals surface area contributed by atoms with Gasteiger partial charge in [0.25, 0.3) is 0 Å². The Morgan fingerprint density at radius 1 is 1.61 bits per heavy atom. The zero-order chi connectivity index (χ0) is 13.5. The molecule has 0 spiro atoms. The molecule has 1 aromatic heterocycles. The van der Waals surface area contributed by atoms with Crippen LogP contribution in [0, 0.1) is 6.92 Å². The van der Waals surface area contributed by atoms with Crippen LogP contribution in [-0.2, 0) is 9.53 Å². The molecular weight excluding hydrogens is 236 g/mol. The fraction of sp³-hybridized carbons (Fsp3) is 0.727. The maximum Gasteiger partial charge on any atom is 0.243 e. The first-order valence-electron chi connectivity index (χ1n) is 5.80. The summed E-state index contributed by atoms with van der Waals surface area (Å²) in [5.74, 6) is 1.05. The van der Waals surface area contributed by atoms with E-state index in [0.717, 1.165) is 0 Å². The topological polar surface area (TPSA) is 80.5 Å². The van der Waals surface area contributed by atoms with Crippen LogP contribution >= 0.6 is 0 Å². The lowest BCUT2D eigenvalue weighted by atomic mass is 10.3. The first-order valence-corrected chi connectivity index (χ1v) is 5.80. The van der Waals surface area contributed by atoms with E-state index in [-0.39, 0.29) is 18.5 Å². The van der Waals surface area contributed by atoms with Crippen LogP contribution in [-0.4, -0.2) is 54.8 Å². The van der Waals surface area contributed by atoms with E-state index < -0.39 is 0 Å². The molecule has 0 aliphatic carbocycles. The number of ether oxygens (including phenoxy) is 1. The highest BCUT2D eigenvalue weighted by atomic mass is 16.5. The van der Waals surface area contributed by atoms with Crippen LogP contribution in [0.2, 0.25) is 0 Å². The third-order valence-corrected chi connectivity index (χ3v) is 2.58. The summed E-state index contributed by atoms with van der Waals surface area (Å²) in [7, 11) is 3.43. The number of nitrogens with zero attached hydrogens (tertiary/aromatic N) is 3. The number of methoxy groups -OCH3 is 1. The SMILES string of the molecule is COCCNC(=O)CN(C)[C@@H](C)c1nc(C)no1. The van der Waals surface area contributed by atoms with Crippen molar-refractivity contribution in [1.82, 2.24) is 20.4 Å². The summed E-state index contributed by atoms with van der Waals surface area (Å²) in [6, 6.07) is -0.0978. The minimum absolute atomic E-state index is 0.0577. The van der Waals surface area contributed by atoms with Crippen molar-refractivity contribution in [2.24, 2.45) is 0 Å². The average molecular weight is 256 g/mol. The molecule has 1 amide bonds. The molecule has 7 heteroatoms. The molecule has 102 valence electrons. The van der Waals surface area contributed by atoms with Crippen LogP contribution in [0.25, 0.3) is 0 Å². The number of hydrogen-bond donors (Lipinski definition) is 1. The fourth-order valence-electron chi connectivity index (χ4n) is 1.38. The summed E-state index contributed by atoms with van der Waals surface area (Å²) in [6.45, 7) is 4.96. The van der Waals surface area contributed by atoms with Crippen LogP contribution < -0.4 is 5.32 Å². The van der Waals surface area contributed by atoms with Crippen molar-refractivity contribution in [3.63, 3.8) is 0 Å². The molecule has 0 saturated heterocycles. The molecule has 0 aliphatic heterocycles. The molecule has 0 fully saturated rings. The Bertz CT molecular complexity index is 380. The van der Waals surface area contributed by atoms with Crippen molar-refractivity contribution >= 4 is 5.91 Å². The van der Waals surface area contributed by atoms with Gasteiger partial charge in [-0.25, -0.2) is 0 Å². The van der Waals surface area contributed by atoms with Gasteiger partial charge in [0.05, 0.1) is 19.2 Å². The van der Waals surface area contributed by atoms with Gasteiger partial charge in [0, 0.05) is 13.7 Å². The predicted molar refractivity (Wildman–Crippen MR) is 65.0 cm³/mol. The summed E-state index contributed by atoms with van der Waals surface area (Å²) in [5, 5.41) is 6.48. The number of hydrogen-bond acceptors (Lipinski definition) is 6. The lowest BCUT2D eigenvalue weighted by Gasteiger charge is -2.20. The van der Waals surface area contributed by atoms with Gasteiger partial charge >= 0.3 is 0 Å². The number of aromatic nitrogens is 2. The van der Waals surface area contributed by atoms with E-state index in [1.54, 1.807) is 14.0 Å². The van der Waals surface area contributed by atoms with E-state index in [1.807, 2.05) is 18.9 Å². The minimum Gasteiger partial charge on any atom is -0.383 e. The Kier molecular flexibility index (Phi) is 5.73. The average Bonchev–Trinajstić information content (AvgIpc) is 2.75. The molecule has 0 aromatic carbocycles. The van der Waals surface area contributed by atoms with Gasteiger partial charge in [-0.05, 0) is 20.9 Å². The molecule has 0 aliphatic rings. The highest BCUT2D eigenvalue weighted by Crippen LogP contribution is 2.15. The number of likely N-dealkylation sites (N-methyl/N-ethyl adjacent to an activating group) is 1. The normalized spacial score (nSPS) is 12.7. The molecular formula is C11H20N4O3. The van der Waals surface area contributed by atoms with E-state index in [2.05, 4.69) is 15.5 Å². The second kappa shape index (κ2) is 7.07. The highest BCUT2D eigenvalue weighted by molar-refractivity contribution is 5.77. The maximum atomic E-state index is 11.6. The van der Waals surface area contributed by atoms with Crippen molar-refractivity contribution in [2.45, 2.75) is 19.9 Å². The molecule has 1 aromatic rings.